The Balaban J connectivity index is 2.54. The number of halogens is 3. The van der Waals surface area contributed by atoms with Gasteiger partial charge in [0.1, 0.15) is 17.9 Å². The molecule has 2 atom stereocenters. The number of nitrogens with zero attached hydrogens (tertiary/aromatic N) is 2. The minimum Gasteiger partial charge on any atom is -0.356 e. The normalized spacial score (nSPS) is 14.3. The third kappa shape index (κ3) is 13.0. The van der Waals surface area contributed by atoms with Gasteiger partial charge in [0.05, 0.1) is 4.90 Å². The maximum atomic E-state index is 13.8. The van der Waals surface area contributed by atoms with Crippen LogP contribution >= 0.6 is 11.8 Å². The van der Waals surface area contributed by atoms with E-state index < -0.39 is 50.6 Å². The molecule has 0 fully saturated rings. The minimum absolute atomic E-state index is 0.0593. The van der Waals surface area contributed by atoms with Crippen LogP contribution in [0.5, 0.6) is 0 Å². The van der Waals surface area contributed by atoms with E-state index >= 15 is 0 Å². The summed E-state index contributed by atoms with van der Waals surface area (Å²) in [5.41, 5.74) is -0.929. The standard InChI is InChI=1S/C28H44F3N5O4S/c1-18(35-39)27(3,4)33-16-13-20(14-17-34-28(5,6)19(2)36-40)12-15-32-23(37)8-7-9-24(38)41-26-22(30)11-10-21(29)25(26)31/h10-11,18-20,33-34H,7-9,12-17H2,1-6H3,(H,32,37). The van der Waals surface area contributed by atoms with Crippen LogP contribution in [0.2, 0.25) is 0 Å². The summed E-state index contributed by atoms with van der Waals surface area (Å²) in [5.74, 6) is -3.69. The van der Waals surface area contributed by atoms with Gasteiger partial charge in [-0.15, -0.1) is 0 Å². The first-order chi connectivity index (χ1) is 19.1. The molecule has 3 N–H and O–H groups in total. The average Bonchev–Trinajstić information content (AvgIpc) is 2.91. The summed E-state index contributed by atoms with van der Waals surface area (Å²) in [6, 6.07) is 0.601. The summed E-state index contributed by atoms with van der Waals surface area (Å²) in [7, 11) is 0. The monoisotopic (exact) mass is 603 g/mol. The third-order valence-corrected chi connectivity index (χ3v) is 8.56. The van der Waals surface area contributed by atoms with Crippen LogP contribution in [0.4, 0.5) is 13.2 Å². The van der Waals surface area contributed by atoms with Crippen molar-refractivity contribution in [3.63, 3.8) is 0 Å². The smallest absolute Gasteiger partial charge is 0.220 e. The lowest BCUT2D eigenvalue weighted by Gasteiger charge is -2.31. The Kier molecular flexibility index (Phi) is 15.7. The van der Waals surface area contributed by atoms with E-state index in [-0.39, 0.29) is 31.1 Å². The lowest BCUT2D eigenvalue weighted by atomic mass is 9.92. The van der Waals surface area contributed by atoms with E-state index in [4.69, 9.17) is 0 Å². The van der Waals surface area contributed by atoms with Crippen molar-refractivity contribution >= 4 is 22.8 Å². The second kappa shape index (κ2) is 17.5. The van der Waals surface area contributed by atoms with E-state index in [9.17, 15) is 32.6 Å². The highest BCUT2D eigenvalue weighted by Gasteiger charge is 2.28. The van der Waals surface area contributed by atoms with Crippen molar-refractivity contribution in [3.05, 3.63) is 39.4 Å². The molecule has 0 saturated carbocycles. The summed E-state index contributed by atoms with van der Waals surface area (Å²) in [4.78, 5) is 45.7. The van der Waals surface area contributed by atoms with Gasteiger partial charge in [0.2, 0.25) is 5.91 Å². The number of thioether (sulfide) groups is 1. The Morgan fingerprint density at radius 2 is 1.32 bits per heavy atom. The van der Waals surface area contributed by atoms with Crippen LogP contribution in [0, 0.1) is 33.2 Å². The van der Waals surface area contributed by atoms with Gasteiger partial charge in [-0.05, 0) is 110 Å². The van der Waals surface area contributed by atoms with Crippen LogP contribution in [-0.4, -0.2) is 53.8 Å². The van der Waals surface area contributed by atoms with E-state index in [1.165, 1.54) is 0 Å². The van der Waals surface area contributed by atoms with Gasteiger partial charge in [0, 0.05) is 30.5 Å². The minimum atomic E-state index is -1.40. The molecule has 0 spiro atoms. The highest BCUT2D eigenvalue weighted by Crippen LogP contribution is 2.28. The van der Waals surface area contributed by atoms with Crippen LogP contribution in [0.25, 0.3) is 0 Å². The van der Waals surface area contributed by atoms with E-state index in [1.807, 2.05) is 27.7 Å². The van der Waals surface area contributed by atoms with Crippen molar-refractivity contribution < 1.29 is 22.8 Å². The zero-order valence-electron chi connectivity index (χ0n) is 24.8. The SMILES string of the molecule is CC(N=O)C(C)(C)NCCC(CCNC(=O)CCCC(=O)Sc1c(F)ccc(F)c1F)CCNC(C)(C)C(C)N=O. The van der Waals surface area contributed by atoms with Crippen LogP contribution in [0.1, 0.15) is 80.1 Å². The maximum absolute atomic E-state index is 13.8. The number of nitrogens with one attached hydrogen (secondary N) is 3. The molecule has 0 radical (unpaired) electrons. The van der Waals surface area contributed by atoms with Gasteiger partial charge in [-0.3, -0.25) is 9.59 Å². The quantitative estimate of drug-likeness (QED) is 0.0970. The lowest BCUT2D eigenvalue weighted by molar-refractivity contribution is -0.121. The largest absolute Gasteiger partial charge is 0.356 e. The number of amides is 1. The number of nitroso groups, excluding NO2 is 2. The number of hydrogen-bond donors (Lipinski definition) is 3. The molecule has 1 amide bonds. The topological polar surface area (TPSA) is 129 Å². The van der Waals surface area contributed by atoms with E-state index in [0.29, 0.717) is 43.9 Å². The maximum Gasteiger partial charge on any atom is 0.220 e. The molecule has 0 saturated heterocycles. The molecular formula is C28H44F3N5O4S. The molecule has 0 aromatic heterocycles. The Labute approximate surface area is 244 Å². The van der Waals surface area contributed by atoms with Gasteiger partial charge < -0.3 is 16.0 Å². The summed E-state index contributed by atoms with van der Waals surface area (Å²) in [6.07, 6.45) is 2.40. The molecule has 0 aliphatic heterocycles. The summed E-state index contributed by atoms with van der Waals surface area (Å²) < 4.78 is 40.8. The second-order valence-electron chi connectivity index (χ2n) is 11.4. The predicted molar refractivity (Wildman–Crippen MR) is 156 cm³/mol. The molecule has 9 nitrogen and oxygen atoms in total. The Bertz CT molecular complexity index is 997. The molecule has 1 aromatic carbocycles. The first-order valence-corrected chi connectivity index (χ1v) is 14.7. The highest BCUT2D eigenvalue weighted by atomic mass is 32.2. The number of rotatable bonds is 20. The Morgan fingerprint density at radius 3 is 1.83 bits per heavy atom. The zero-order valence-corrected chi connectivity index (χ0v) is 25.6. The number of benzene rings is 1. The van der Waals surface area contributed by atoms with Crippen molar-refractivity contribution in [2.75, 3.05) is 19.6 Å². The molecule has 1 rings (SSSR count). The fourth-order valence-electron chi connectivity index (χ4n) is 3.85. The fourth-order valence-corrected chi connectivity index (χ4v) is 4.68. The molecule has 0 bridgehead atoms. The molecule has 41 heavy (non-hydrogen) atoms. The Morgan fingerprint density at radius 1 is 0.829 bits per heavy atom. The fraction of sp³-hybridized carbons (Fsp3) is 0.714. The zero-order chi connectivity index (χ0) is 31.2. The molecule has 0 aliphatic carbocycles. The van der Waals surface area contributed by atoms with Crippen molar-refractivity contribution in [1.29, 1.82) is 0 Å². The van der Waals surface area contributed by atoms with Crippen LogP contribution in [-0.2, 0) is 9.59 Å². The third-order valence-electron chi connectivity index (χ3n) is 7.55. The molecule has 0 heterocycles. The number of carbonyl (C=O) groups excluding carboxylic acids is 2. The van der Waals surface area contributed by atoms with Gasteiger partial charge in [-0.2, -0.15) is 9.81 Å². The van der Waals surface area contributed by atoms with Crippen LogP contribution in [0.15, 0.2) is 27.4 Å². The highest BCUT2D eigenvalue weighted by molar-refractivity contribution is 8.13. The lowest BCUT2D eigenvalue weighted by Crippen LogP contribution is -2.48. The van der Waals surface area contributed by atoms with Gasteiger partial charge in [0.15, 0.2) is 16.7 Å². The van der Waals surface area contributed by atoms with E-state index in [0.717, 1.165) is 18.9 Å². The first kappa shape index (κ1) is 36.6. The summed E-state index contributed by atoms with van der Waals surface area (Å²) in [5, 5.41) is 15.3. The van der Waals surface area contributed by atoms with Crippen LogP contribution < -0.4 is 16.0 Å². The predicted octanol–water partition coefficient (Wildman–Crippen LogP) is 5.84. The van der Waals surface area contributed by atoms with Crippen molar-refractivity contribution in [1.82, 2.24) is 16.0 Å². The molecule has 0 aliphatic rings. The van der Waals surface area contributed by atoms with Gasteiger partial charge in [-0.1, -0.05) is 10.4 Å². The summed E-state index contributed by atoms with van der Waals surface area (Å²) >= 11 is 0.290. The van der Waals surface area contributed by atoms with Crippen molar-refractivity contribution in [2.45, 2.75) is 108 Å². The van der Waals surface area contributed by atoms with E-state index in [2.05, 4.69) is 26.3 Å². The first-order valence-electron chi connectivity index (χ1n) is 13.9. The molecule has 1 aromatic rings. The molecular weight excluding hydrogens is 559 g/mol. The Hall–Kier alpha value is -2.38. The van der Waals surface area contributed by atoms with Gasteiger partial charge >= 0.3 is 0 Å². The molecule has 232 valence electrons. The van der Waals surface area contributed by atoms with Crippen LogP contribution in [0.3, 0.4) is 0 Å². The van der Waals surface area contributed by atoms with Crippen molar-refractivity contribution in [3.8, 4) is 0 Å². The van der Waals surface area contributed by atoms with Gasteiger partial charge in [0.25, 0.3) is 0 Å². The summed E-state index contributed by atoms with van der Waals surface area (Å²) in [6.45, 7) is 12.9. The molecule has 2 unspecified atom stereocenters. The number of carbonyl (C=O) groups is 2. The average molecular weight is 604 g/mol. The van der Waals surface area contributed by atoms with Gasteiger partial charge in [-0.25, -0.2) is 13.2 Å². The van der Waals surface area contributed by atoms with E-state index in [1.54, 1.807) is 13.8 Å². The molecule has 13 heteroatoms. The van der Waals surface area contributed by atoms with Crippen molar-refractivity contribution in [2.24, 2.45) is 16.3 Å². The number of hydrogen-bond acceptors (Lipinski definition) is 9. The second-order valence-corrected chi connectivity index (χ2v) is 12.5.